The molecular weight excluding hydrogens is 639 g/mol. The Morgan fingerprint density at radius 1 is 0.442 bits per heavy atom. The first-order valence-corrected chi connectivity index (χ1v) is 17.7. The highest BCUT2D eigenvalue weighted by molar-refractivity contribution is 6.20. The summed E-state index contributed by atoms with van der Waals surface area (Å²) in [5.74, 6) is 0.804. The van der Waals surface area contributed by atoms with Gasteiger partial charge in [0.2, 0.25) is 0 Å². The van der Waals surface area contributed by atoms with Gasteiger partial charge in [0, 0.05) is 27.1 Å². The normalized spacial score (nSPS) is 16.3. The Bertz CT molecular complexity index is 3050. The number of rotatable bonds is 4. The van der Waals surface area contributed by atoms with Crippen LogP contribution in [0.3, 0.4) is 0 Å². The van der Waals surface area contributed by atoms with Gasteiger partial charge >= 0.3 is 0 Å². The van der Waals surface area contributed by atoms with Crippen molar-refractivity contribution < 1.29 is 8.83 Å². The number of furan rings is 2. The number of hydrogen-bond donors (Lipinski definition) is 2. The molecule has 1 aliphatic rings. The van der Waals surface area contributed by atoms with E-state index in [9.17, 15) is 0 Å². The van der Waals surface area contributed by atoms with Gasteiger partial charge in [-0.25, -0.2) is 4.99 Å². The van der Waals surface area contributed by atoms with Crippen molar-refractivity contribution in [3.05, 3.63) is 180 Å². The van der Waals surface area contributed by atoms with Gasteiger partial charge < -0.3 is 14.2 Å². The third-order valence-electron chi connectivity index (χ3n) is 10.5. The summed E-state index contributed by atoms with van der Waals surface area (Å²) in [4.78, 5) is 5.48. The molecule has 2 N–H and O–H groups in total. The van der Waals surface area contributed by atoms with Crippen molar-refractivity contribution in [2.75, 3.05) is 0 Å². The second-order valence-electron chi connectivity index (χ2n) is 13.6. The van der Waals surface area contributed by atoms with Crippen molar-refractivity contribution in [2.24, 2.45) is 4.99 Å². The van der Waals surface area contributed by atoms with Crippen LogP contribution in [0.15, 0.2) is 178 Å². The molecule has 5 heteroatoms. The van der Waals surface area contributed by atoms with Gasteiger partial charge in [-0.2, -0.15) is 0 Å². The quantitative estimate of drug-likeness (QED) is 0.183. The first-order chi connectivity index (χ1) is 25.7. The minimum Gasteiger partial charge on any atom is -0.456 e. The zero-order chi connectivity index (χ0) is 34.2. The van der Waals surface area contributed by atoms with Gasteiger partial charge in [-0.1, -0.05) is 121 Å². The van der Waals surface area contributed by atoms with Crippen molar-refractivity contribution in [3.8, 4) is 11.1 Å². The van der Waals surface area contributed by atoms with E-state index in [0.29, 0.717) is 0 Å². The van der Waals surface area contributed by atoms with E-state index < -0.39 is 0 Å². The summed E-state index contributed by atoms with van der Waals surface area (Å²) in [5, 5.41) is 16.8. The molecule has 0 bridgehead atoms. The van der Waals surface area contributed by atoms with E-state index in [1.807, 2.05) is 24.3 Å². The van der Waals surface area contributed by atoms with Crippen LogP contribution in [0.4, 0.5) is 0 Å². The summed E-state index contributed by atoms with van der Waals surface area (Å²) in [7, 11) is 0. The first-order valence-electron chi connectivity index (χ1n) is 17.7. The SMILES string of the molecule is c1ccc(C2NC(c3cc(-c4cc5ccccc5c5ccccc45)cc4oc5ccccc5c34)=NC(c3ccc4oc5ccccc5c4c3)N2)cc1. The monoisotopic (exact) mass is 669 g/mol. The van der Waals surface area contributed by atoms with Crippen LogP contribution in [0.1, 0.15) is 29.0 Å². The smallest absolute Gasteiger partial charge is 0.136 e. The molecule has 2 unspecified atom stereocenters. The van der Waals surface area contributed by atoms with Crippen LogP contribution in [-0.4, -0.2) is 5.84 Å². The molecule has 0 aliphatic carbocycles. The molecule has 2 aromatic heterocycles. The zero-order valence-electron chi connectivity index (χ0n) is 28.0. The average Bonchev–Trinajstić information content (AvgIpc) is 3.78. The fourth-order valence-corrected chi connectivity index (χ4v) is 8.09. The predicted molar refractivity (Wildman–Crippen MR) is 213 cm³/mol. The van der Waals surface area contributed by atoms with E-state index in [1.54, 1.807) is 0 Å². The van der Waals surface area contributed by atoms with Crippen molar-refractivity contribution in [3.63, 3.8) is 0 Å². The van der Waals surface area contributed by atoms with Gasteiger partial charge in [0.15, 0.2) is 0 Å². The lowest BCUT2D eigenvalue weighted by Crippen LogP contribution is -2.45. The number of benzene rings is 8. The summed E-state index contributed by atoms with van der Waals surface area (Å²) >= 11 is 0. The van der Waals surface area contributed by atoms with Gasteiger partial charge in [0.1, 0.15) is 40.5 Å². The highest BCUT2D eigenvalue weighted by atomic mass is 16.3. The number of nitrogens with zero attached hydrogens (tertiary/aromatic N) is 1. The Balaban J connectivity index is 1.16. The van der Waals surface area contributed by atoms with Crippen molar-refractivity contribution in [2.45, 2.75) is 12.3 Å². The Morgan fingerprint density at radius 2 is 1.10 bits per heavy atom. The highest BCUT2D eigenvalue weighted by Gasteiger charge is 2.28. The van der Waals surface area contributed by atoms with Gasteiger partial charge in [0.25, 0.3) is 0 Å². The molecule has 0 saturated carbocycles. The molecule has 0 radical (unpaired) electrons. The molecule has 0 amide bonds. The molecule has 52 heavy (non-hydrogen) atoms. The molecule has 8 aromatic carbocycles. The molecule has 246 valence electrons. The van der Waals surface area contributed by atoms with Crippen LogP contribution in [0, 0.1) is 0 Å². The number of aliphatic imine (C=N–C) groups is 1. The van der Waals surface area contributed by atoms with Crippen LogP contribution in [-0.2, 0) is 0 Å². The maximum Gasteiger partial charge on any atom is 0.136 e. The number of para-hydroxylation sites is 2. The van der Waals surface area contributed by atoms with Crippen LogP contribution in [0.25, 0.3) is 76.5 Å². The van der Waals surface area contributed by atoms with Crippen molar-refractivity contribution in [1.82, 2.24) is 10.6 Å². The fourth-order valence-electron chi connectivity index (χ4n) is 8.09. The van der Waals surface area contributed by atoms with Crippen molar-refractivity contribution >= 4 is 71.3 Å². The van der Waals surface area contributed by atoms with Gasteiger partial charge in [-0.15, -0.1) is 0 Å². The van der Waals surface area contributed by atoms with E-state index in [0.717, 1.165) is 77.5 Å². The standard InChI is InChI=1S/C47H31N3O2/c1-2-12-28(13-3-1)45-48-46(30-22-23-42-38(25-30)35-18-8-10-20-40(35)51-42)50-47(49-45)39-26-31(27-43-44(39)36-19-9-11-21-41(36)52-43)37-24-29-14-4-5-15-32(29)33-16-6-7-17-34(33)37/h1-27,45-46,48H,(H,49,50). The van der Waals surface area contributed by atoms with E-state index >= 15 is 0 Å². The van der Waals surface area contributed by atoms with Crippen LogP contribution < -0.4 is 10.6 Å². The summed E-state index contributed by atoms with van der Waals surface area (Å²) in [6.45, 7) is 0. The average molecular weight is 670 g/mol. The number of fused-ring (bicyclic) bond motifs is 9. The highest BCUT2D eigenvalue weighted by Crippen LogP contribution is 2.41. The molecule has 5 nitrogen and oxygen atoms in total. The van der Waals surface area contributed by atoms with Gasteiger partial charge in [0.05, 0.1) is 0 Å². The summed E-state index contributed by atoms with van der Waals surface area (Å²) < 4.78 is 12.8. The zero-order valence-corrected chi connectivity index (χ0v) is 28.0. The largest absolute Gasteiger partial charge is 0.456 e. The second-order valence-corrected chi connectivity index (χ2v) is 13.6. The van der Waals surface area contributed by atoms with Gasteiger partial charge in [-0.05, 0) is 86.3 Å². The molecule has 1 aliphatic heterocycles. The lowest BCUT2D eigenvalue weighted by Gasteiger charge is -2.32. The third kappa shape index (κ3) is 4.57. The molecule has 11 rings (SSSR count). The maximum absolute atomic E-state index is 6.64. The Kier molecular flexibility index (Phi) is 6.39. The van der Waals surface area contributed by atoms with Crippen LogP contribution in [0.5, 0.6) is 0 Å². The molecule has 10 aromatic rings. The second kappa shape index (κ2) is 11.4. The number of amidine groups is 1. The molecule has 2 atom stereocenters. The molecule has 0 saturated heterocycles. The van der Waals surface area contributed by atoms with E-state index in [-0.39, 0.29) is 12.3 Å². The molecule has 3 heterocycles. The molecular formula is C47H31N3O2. The minimum absolute atomic E-state index is 0.200. The number of nitrogens with one attached hydrogen (secondary N) is 2. The van der Waals surface area contributed by atoms with E-state index in [2.05, 4.69) is 150 Å². The molecule has 0 fully saturated rings. The number of hydrogen-bond acceptors (Lipinski definition) is 5. The Hall–Kier alpha value is -6.69. The summed E-state index contributed by atoms with van der Waals surface area (Å²) in [6, 6.07) is 57.5. The fraction of sp³-hybridized carbons (Fsp3) is 0.0426. The topological polar surface area (TPSA) is 62.7 Å². The van der Waals surface area contributed by atoms with Crippen LogP contribution in [0.2, 0.25) is 0 Å². The van der Waals surface area contributed by atoms with E-state index in [4.69, 9.17) is 13.8 Å². The van der Waals surface area contributed by atoms with Crippen molar-refractivity contribution in [1.29, 1.82) is 0 Å². The maximum atomic E-state index is 6.64. The lowest BCUT2D eigenvalue weighted by molar-refractivity contribution is 0.409. The van der Waals surface area contributed by atoms with Gasteiger partial charge in [-0.3, -0.25) is 5.32 Å². The molecule has 0 spiro atoms. The predicted octanol–water partition coefficient (Wildman–Crippen LogP) is 11.8. The summed E-state index contributed by atoms with van der Waals surface area (Å²) in [6.07, 6.45) is -0.535. The Labute approximate surface area is 298 Å². The first kappa shape index (κ1) is 29.1. The Morgan fingerprint density at radius 3 is 1.94 bits per heavy atom. The minimum atomic E-state index is -0.335. The summed E-state index contributed by atoms with van der Waals surface area (Å²) in [5.41, 5.74) is 8.83. The van der Waals surface area contributed by atoms with E-state index in [1.165, 1.54) is 21.5 Å². The lowest BCUT2D eigenvalue weighted by atomic mass is 9.91. The van der Waals surface area contributed by atoms with Crippen LogP contribution >= 0.6 is 0 Å². The third-order valence-corrected chi connectivity index (χ3v) is 10.5.